The highest BCUT2D eigenvalue weighted by molar-refractivity contribution is 6.13. The van der Waals surface area contributed by atoms with Gasteiger partial charge in [0.2, 0.25) is 0 Å². The van der Waals surface area contributed by atoms with Crippen LogP contribution in [0.5, 0.6) is 0 Å². The fourth-order valence-corrected chi connectivity index (χ4v) is 2.24. The van der Waals surface area contributed by atoms with Gasteiger partial charge in [0, 0.05) is 18.2 Å². The Bertz CT molecular complexity index is 526. The second kappa shape index (κ2) is 6.15. The normalized spacial score (nSPS) is 11.6. The smallest absolute Gasteiger partial charge is 0.0718 e. The molecule has 0 bridgehead atoms. The van der Waals surface area contributed by atoms with Gasteiger partial charge in [0.15, 0.2) is 0 Å². The van der Waals surface area contributed by atoms with Crippen LogP contribution >= 0.6 is 0 Å². The number of benzene rings is 2. The maximum atomic E-state index is 4.49. The maximum absolute atomic E-state index is 4.49. The molecule has 0 heterocycles. The average Bonchev–Trinajstić information content (AvgIpc) is 2.43. The lowest BCUT2D eigenvalue weighted by molar-refractivity contribution is 0.919. The molecule has 2 aromatic carbocycles. The van der Waals surface area contributed by atoms with Crippen LogP contribution in [0.2, 0.25) is 0 Å². The van der Waals surface area contributed by atoms with Gasteiger partial charge in [-0.2, -0.15) is 0 Å². The first-order valence-corrected chi connectivity index (χ1v) is 6.47. The van der Waals surface area contributed by atoms with Gasteiger partial charge in [0.05, 0.1) is 5.71 Å². The molecule has 92 valence electrons. The Morgan fingerprint density at radius 2 is 1.61 bits per heavy atom. The second-order valence-corrected chi connectivity index (χ2v) is 4.35. The van der Waals surface area contributed by atoms with E-state index in [1.54, 1.807) is 0 Å². The van der Waals surface area contributed by atoms with Crippen LogP contribution in [0.25, 0.3) is 0 Å². The molecule has 0 aliphatic heterocycles. The molecule has 0 spiro atoms. The van der Waals surface area contributed by atoms with Crippen molar-refractivity contribution in [3.8, 4) is 0 Å². The van der Waals surface area contributed by atoms with Crippen molar-refractivity contribution >= 4 is 5.71 Å². The Labute approximate surface area is 109 Å². The fraction of sp³-hybridized carbons (Fsp3) is 0.235. The monoisotopic (exact) mass is 237 g/mol. The van der Waals surface area contributed by atoms with Gasteiger partial charge in [-0.3, -0.25) is 4.99 Å². The highest BCUT2D eigenvalue weighted by atomic mass is 14.7. The molecule has 18 heavy (non-hydrogen) atoms. The Hall–Kier alpha value is -1.89. The van der Waals surface area contributed by atoms with Crippen LogP contribution < -0.4 is 0 Å². The van der Waals surface area contributed by atoms with Gasteiger partial charge < -0.3 is 0 Å². The molecular formula is C17H19N. The minimum Gasteiger partial charge on any atom is -0.287 e. The molecule has 0 aromatic heterocycles. The predicted octanol–water partition coefficient (Wildman–Crippen LogP) is 4.11. The van der Waals surface area contributed by atoms with E-state index in [-0.39, 0.29) is 0 Å². The predicted molar refractivity (Wildman–Crippen MR) is 78.4 cm³/mol. The molecule has 0 N–H and O–H groups in total. The highest BCUT2D eigenvalue weighted by Gasteiger charge is 2.09. The third kappa shape index (κ3) is 2.67. The Morgan fingerprint density at radius 1 is 0.944 bits per heavy atom. The van der Waals surface area contributed by atoms with E-state index in [0.29, 0.717) is 0 Å². The van der Waals surface area contributed by atoms with Crippen molar-refractivity contribution < 1.29 is 0 Å². The van der Waals surface area contributed by atoms with Gasteiger partial charge >= 0.3 is 0 Å². The summed E-state index contributed by atoms with van der Waals surface area (Å²) in [7, 11) is 1.87. The number of aliphatic imine (C=N–C) groups is 1. The fourth-order valence-electron chi connectivity index (χ4n) is 2.24. The molecule has 0 saturated heterocycles. The summed E-state index contributed by atoms with van der Waals surface area (Å²) in [5.41, 5.74) is 4.90. The summed E-state index contributed by atoms with van der Waals surface area (Å²) >= 11 is 0. The Balaban J connectivity index is 2.46. The van der Waals surface area contributed by atoms with Crippen LogP contribution in [0, 0.1) is 0 Å². The van der Waals surface area contributed by atoms with Gasteiger partial charge in [-0.05, 0) is 12.0 Å². The molecule has 0 aliphatic carbocycles. The largest absolute Gasteiger partial charge is 0.287 e. The zero-order chi connectivity index (χ0) is 12.8. The number of hydrogen-bond acceptors (Lipinski definition) is 1. The van der Waals surface area contributed by atoms with Crippen molar-refractivity contribution in [2.75, 3.05) is 7.05 Å². The molecular weight excluding hydrogens is 218 g/mol. The Kier molecular flexibility index (Phi) is 4.30. The molecule has 0 fully saturated rings. The van der Waals surface area contributed by atoms with Crippen molar-refractivity contribution in [3.05, 3.63) is 71.3 Å². The summed E-state index contributed by atoms with van der Waals surface area (Å²) in [6.45, 7) is 2.21. The standard InChI is InChI=1S/C17H19N/c1-3-9-14-10-7-8-13-16(14)17(18-2)15-11-5-4-6-12-15/h4-8,10-13H,3,9H2,1-2H3. The van der Waals surface area contributed by atoms with Crippen molar-refractivity contribution in [3.63, 3.8) is 0 Å². The van der Waals surface area contributed by atoms with Crippen LogP contribution in [0.15, 0.2) is 59.6 Å². The quantitative estimate of drug-likeness (QED) is 0.710. The first kappa shape index (κ1) is 12.6. The number of nitrogens with zero attached hydrogens (tertiary/aromatic N) is 1. The number of hydrogen-bond donors (Lipinski definition) is 0. The zero-order valence-electron chi connectivity index (χ0n) is 11.1. The van der Waals surface area contributed by atoms with E-state index in [1.165, 1.54) is 16.7 Å². The molecule has 1 nitrogen and oxygen atoms in total. The Morgan fingerprint density at radius 3 is 2.28 bits per heavy atom. The van der Waals surface area contributed by atoms with E-state index < -0.39 is 0 Å². The first-order valence-electron chi connectivity index (χ1n) is 6.47. The minimum absolute atomic E-state index is 1.08. The van der Waals surface area contributed by atoms with E-state index in [0.717, 1.165) is 18.6 Å². The molecule has 2 rings (SSSR count). The van der Waals surface area contributed by atoms with Crippen LogP contribution in [-0.2, 0) is 6.42 Å². The van der Waals surface area contributed by atoms with E-state index in [9.17, 15) is 0 Å². The molecule has 0 unspecified atom stereocenters. The van der Waals surface area contributed by atoms with E-state index >= 15 is 0 Å². The summed E-state index contributed by atoms with van der Waals surface area (Å²) < 4.78 is 0. The second-order valence-electron chi connectivity index (χ2n) is 4.35. The average molecular weight is 237 g/mol. The van der Waals surface area contributed by atoms with Gasteiger partial charge in [-0.15, -0.1) is 0 Å². The lowest BCUT2D eigenvalue weighted by atomic mass is 9.95. The van der Waals surface area contributed by atoms with Gasteiger partial charge in [0.25, 0.3) is 0 Å². The topological polar surface area (TPSA) is 12.4 Å². The third-order valence-corrected chi connectivity index (χ3v) is 3.06. The van der Waals surface area contributed by atoms with Crippen LogP contribution in [0.4, 0.5) is 0 Å². The summed E-state index contributed by atoms with van der Waals surface area (Å²) in [5, 5.41) is 0. The van der Waals surface area contributed by atoms with E-state index in [1.807, 2.05) is 13.1 Å². The maximum Gasteiger partial charge on any atom is 0.0718 e. The first-order chi connectivity index (χ1) is 8.86. The number of rotatable bonds is 4. The summed E-state index contributed by atoms with van der Waals surface area (Å²) in [6.07, 6.45) is 2.25. The van der Waals surface area contributed by atoms with Gasteiger partial charge in [-0.1, -0.05) is 67.9 Å². The van der Waals surface area contributed by atoms with Crippen LogP contribution in [0.3, 0.4) is 0 Å². The lowest BCUT2D eigenvalue weighted by Gasteiger charge is -2.11. The van der Waals surface area contributed by atoms with E-state index in [4.69, 9.17) is 0 Å². The summed E-state index contributed by atoms with van der Waals surface area (Å²) in [4.78, 5) is 4.49. The molecule has 0 amide bonds. The zero-order valence-corrected chi connectivity index (χ0v) is 11.1. The summed E-state index contributed by atoms with van der Waals surface area (Å²) in [6, 6.07) is 18.9. The van der Waals surface area contributed by atoms with Crippen molar-refractivity contribution in [1.82, 2.24) is 0 Å². The van der Waals surface area contributed by atoms with Crippen LogP contribution in [-0.4, -0.2) is 12.8 Å². The van der Waals surface area contributed by atoms with Crippen molar-refractivity contribution in [2.45, 2.75) is 19.8 Å². The molecule has 0 aliphatic rings. The third-order valence-electron chi connectivity index (χ3n) is 3.06. The SMILES string of the molecule is CCCc1ccccc1C(=NC)c1ccccc1. The molecule has 1 heteroatoms. The van der Waals surface area contributed by atoms with E-state index in [2.05, 4.69) is 60.4 Å². The number of aryl methyl sites for hydroxylation is 1. The molecule has 0 radical (unpaired) electrons. The van der Waals surface area contributed by atoms with Crippen molar-refractivity contribution in [1.29, 1.82) is 0 Å². The van der Waals surface area contributed by atoms with Gasteiger partial charge in [-0.25, -0.2) is 0 Å². The minimum atomic E-state index is 1.08. The molecule has 0 atom stereocenters. The summed E-state index contributed by atoms with van der Waals surface area (Å²) in [5.74, 6) is 0. The van der Waals surface area contributed by atoms with Crippen molar-refractivity contribution in [2.24, 2.45) is 4.99 Å². The molecule has 0 saturated carbocycles. The molecule has 2 aromatic rings. The van der Waals surface area contributed by atoms with Gasteiger partial charge in [0.1, 0.15) is 0 Å². The lowest BCUT2D eigenvalue weighted by Crippen LogP contribution is -2.06. The van der Waals surface area contributed by atoms with Crippen LogP contribution in [0.1, 0.15) is 30.0 Å². The highest BCUT2D eigenvalue weighted by Crippen LogP contribution is 2.17.